The molecule has 0 unspecified atom stereocenters. The van der Waals surface area contributed by atoms with Crippen molar-refractivity contribution in [3.63, 3.8) is 0 Å². The van der Waals surface area contributed by atoms with Gasteiger partial charge in [0.25, 0.3) is 5.91 Å². The van der Waals surface area contributed by atoms with Crippen LogP contribution >= 0.6 is 0 Å². The Labute approximate surface area is 133 Å². The summed E-state index contributed by atoms with van der Waals surface area (Å²) in [6, 6.07) is 13.3. The molecule has 0 fully saturated rings. The Morgan fingerprint density at radius 3 is 2.30 bits per heavy atom. The van der Waals surface area contributed by atoms with Crippen LogP contribution in [-0.4, -0.2) is 17.7 Å². The number of carbonyl (C=O) groups excluding carboxylic acids is 3. The number of nitrogens with two attached hydrogens (primary N) is 1. The van der Waals surface area contributed by atoms with Crippen LogP contribution in [0.5, 0.6) is 0 Å². The van der Waals surface area contributed by atoms with Gasteiger partial charge < -0.3 is 16.4 Å². The largest absolute Gasteiger partial charge is 0.366 e. The zero-order valence-corrected chi connectivity index (χ0v) is 12.6. The summed E-state index contributed by atoms with van der Waals surface area (Å²) in [5.41, 5.74) is 7.51. The number of hydrogen-bond acceptors (Lipinski definition) is 3. The number of anilines is 1. The van der Waals surface area contributed by atoms with E-state index in [9.17, 15) is 14.4 Å². The van der Waals surface area contributed by atoms with Crippen LogP contribution in [0.25, 0.3) is 0 Å². The molecule has 2 aromatic carbocycles. The van der Waals surface area contributed by atoms with Gasteiger partial charge in [0.1, 0.15) is 0 Å². The standard InChI is InChI=1S/C17H17N3O3/c1-11(21)20-15-7-5-13(6-8-15)17(23)19-10-12-3-2-4-14(9-12)16(18)22/h2-9H,10H2,1H3,(H2,18,22)(H,19,23)(H,20,21). The molecule has 0 aliphatic rings. The van der Waals surface area contributed by atoms with Crippen LogP contribution in [0.1, 0.15) is 33.2 Å². The van der Waals surface area contributed by atoms with E-state index in [1.807, 2.05) is 0 Å². The van der Waals surface area contributed by atoms with Gasteiger partial charge in [-0.05, 0) is 42.0 Å². The second-order valence-electron chi connectivity index (χ2n) is 5.01. The molecular weight excluding hydrogens is 294 g/mol. The molecule has 0 atom stereocenters. The Hall–Kier alpha value is -3.15. The first-order valence-corrected chi connectivity index (χ1v) is 7.00. The van der Waals surface area contributed by atoms with Crippen LogP contribution in [0.2, 0.25) is 0 Å². The fourth-order valence-corrected chi connectivity index (χ4v) is 2.03. The van der Waals surface area contributed by atoms with Gasteiger partial charge in [-0.2, -0.15) is 0 Å². The predicted molar refractivity (Wildman–Crippen MR) is 86.9 cm³/mol. The zero-order valence-electron chi connectivity index (χ0n) is 12.6. The summed E-state index contributed by atoms with van der Waals surface area (Å²) in [4.78, 5) is 34.1. The molecule has 2 rings (SSSR count). The molecule has 2 aromatic rings. The van der Waals surface area contributed by atoms with E-state index < -0.39 is 5.91 Å². The van der Waals surface area contributed by atoms with Gasteiger partial charge in [0.15, 0.2) is 0 Å². The lowest BCUT2D eigenvalue weighted by atomic mass is 10.1. The third kappa shape index (κ3) is 4.67. The van der Waals surface area contributed by atoms with Crippen LogP contribution in [0.4, 0.5) is 5.69 Å². The fraction of sp³-hybridized carbons (Fsp3) is 0.118. The smallest absolute Gasteiger partial charge is 0.251 e. The minimum absolute atomic E-state index is 0.170. The highest BCUT2D eigenvalue weighted by atomic mass is 16.2. The van der Waals surface area contributed by atoms with Crippen LogP contribution in [0.15, 0.2) is 48.5 Å². The first-order valence-electron chi connectivity index (χ1n) is 7.00. The average molecular weight is 311 g/mol. The molecule has 3 amide bonds. The Morgan fingerprint density at radius 2 is 1.70 bits per heavy atom. The SMILES string of the molecule is CC(=O)Nc1ccc(C(=O)NCc2cccc(C(N)=O)c2)cc1. The van der Waals surface area contributed by atoms with Crippen LogP contribution in [0.3, 0.4) is 0 Å². The molecule has 6 nitrogen and oxygen atoms in total. The van der Waals surface area contributed by atoms with Crippen molar-refractivity contribution in [2.45, 2.75) is 13.5 Å². The molecule has 0 heterocycles. The van der Waals surface area contributed by atoms with E-state index in [-0.39, 0.29) is 18.4 Å². The Morgan fingerprint density at radius 1 is 1.00 bits per heavy atom. The Balaban J connectivity index is 1.98. The number of rotatable bonds is 5. The van der Waals surface area contributed by atoms with E-state index in [2.05, 4.69) is 10.6 Å². The Kier molecular flexibility index (Phi) is 5.09. The molecule has 0 bridgehead atoms. The lowest BCUT2D eigenvalue weighted by Crippen LogP contribution is -2.23. The van der Waals surface area contributed by atoms with Crippen LogP contribution in [-0.2, 0) is 11.3 Å². The normalized spacial score (nSPS) is 9.96. The quantitative estimate of drug-likeness (QED) is 0.783. The van der Waals surface area contributed by atoms with Gasteiger partial charge in [-0.1, -0.05) is 12.1 Å². The Bertz CT molecular complexity index is 739. The molecule has 4 N–H and O–H groups in total. The second kappa shape index (κ2) is 7.22. The maximum Gasteiger partial charge on any atom is 0.251 e. The van der Waals surface area contributed by atoms with Gasteiger partial charge in [-0.25, -0.2) is 0 Å². The van der Waals surface area contributed by atoms with Gasteiger partial charge in [0.2, 0.25) is 11.8 Å². The minimum atomic E-state index is -0.508. The summed E-state index contributed by atoms with van der Waals surface area (Å²) >= 11 is 0. The van der Waals surface area contributed by atoms with E-state index in [4.69, 9.17) is 5.73 Å². The van der Waals surface area contributed by atoms with E-state index in [1.165, 1.54) is 6.92 Å². The number of benzene rings is 2. The number of nitrogens with one attached hydrogen (secondary N) is 2. The van der Waals surface area contributed by atoms with Crippen molar-refractivity contribution < 1.29 is 14.4 Å². The van der Waals surface area contributed by atoms with E-state index >= 15 is 0 Å². The molecule has 0 spiro atoms. The maximum atomic E-state index is 12.1. The van der Waals surface area contributed by atoms with Crippen molar-refractivity contribution in [2.24, 2.45) is 5.73 Å². The summed E-state index contributed by atoms with van der Waals surface area (Å²) in [6.07, 6.45) is 0. The number of primary amides is 1. The van der Waals surface area contributed by atoms with Crippen LogP contribution < -0.4 is 16.4 Å². The monoisotopic (exact) mass is 311 g/mol. The van der Waals surface area contributed by atoms with Crippen molar-refractivity contribution in [1.29, 1.82) is 0 Å². The fourth-order valence-electron chi connectivity index (χ4n) is 2.03. The summed E-state index contributed by atoms with van der Waals surface area (Å²) < 4.78 is 0. The summed E-state index contributed by atoms with van der Waals surface area (Å²) in [7, 11) is 0. The van der Waals surface area contributed by atoms with Gasteiger partial charge in [0.05, 0.1) is 0 Å². The number of amides is 3. The second-order valence-corrected chi connectivity index (χ2v) is 5.01. The molecule has 0 aliphatic carbocycles. The number of carbonyl (C=O) groups is 3. The molecule has 118 valence electrons. The third-order valence-electron chi connectivity index (χ3n) is 3.13. The highest BCUT2D eigenvalue weighted by molar-refractivity contribution is 5.95. The van der Waals surface area contributed by atoms with Gasteiger partial charge >= 0.3 is 0 Å². The van der Waals surface area contributed by atoms with Crippen molar-refractivity contribution in [1.82, 2.24) is 5.32 Å². The average Bonchev–Trinajstić information content (AvgIpc) is 2.53. The van der Waals surface area contributed by atoms with Crippen LogP contribution in [0, 0.1) is 0 Å². The van der Waals surface area contributed by atoms with Gasteiger partial charge in [-0.3, -0.25) is 14.4 Å². The molecule has 0 radical (unpaired) electrons. The van der Waals surface area contributed by atoms with Crippen molar-refractivity contribution in [2.75, 3.05) is 5.32 Å². The predicted octanol–water partition coefficient (Wildman–Crippen LogP) is 1.67. The first-order chi connectivity index (χ1) is 11.0. The molecule has 0 saturated heterocycles. The van der Waals surface area contributed by atoms with Crippen molar-refractivity contribution in [3.8, 4) is 0 Å². The topological polar surface area (TPSA) is 101 Å². The molecule has 0 aromatic heterocycles. The highest BCUT2D eigenvalue weighted by Crippen LogP contribution is 2.10. The summed E-state index contributed by atoms with van der Waals surface area (Å²) in [6.45, 7) is 1.70. The van der Waals surface area contributed by atoms with Gasteiger partial charge in [0, 0.05) is 30.3 Å². The van der Waals surface area contributed by atoms with Crippen molar-refractivity contribution in [3.05, 3.63) is 65.2 Å². The molecule has 0 saturated carbocycles. The molecular formula is C17H17N3O3. The van der Waals surface area contributed by atoms with E-state index in [0.29, 0.717) is 16.8 Å². The summed E-state index contributed by atoms with van der Waals surface area (Å²) in [5.74, 6) is -0.924. The van der Waals surface area contributed by atoms with E-state index in [1.54, 1.807) is 48.5 Å². The highest BCUT2D eigenvalue weighted by Gasteiger charge is 2.07. The lowest BCUT2D eigenvalue weighted by molar-refractivity contribution is -0.114. The third-order valence-corrected chi connectivity index (χ3v) is 3.13. The first kappa shape index (κ1) is 16.2. The molecule has 23 heavy (non-hydrogen) atoms. The van der Waals surface area contributed by atoms with Crippen molar-refractivity contribution >= 4 is 23.4 Å². The number of hydrogen-bond donors (Lipinski definition) is 3. The maximum absolute atomic E-state index is 12.1. The van der Waals surface area contributed by atoms with Gasteiger partial charge in [-0.15, -0.1) is 0 Å². The lowest BCUT2D eigenvalue weighted by Gasteiger charge is -2.07. The van der Waals surface area contributed by atoms with E-state index in [0.717, 1.165) is 5.56 Å². The minimum Gasteiger partial charge on any atom is -0.366 e. The summed E-state index contributed by atoms with van der Waals surface area (Å²) in [5, 5.41) is 5.39. The molecule has 6 heteroatoms. The zero-order chi connectivity index (χ0) is 16.8. The molecule has 0 aliphatic heterocycles.